The molecule has 1 saturated heterocycles. The number of sulfonamides is 1. The van der Waals surface area contributed by atoms with E-state index in [9.17, 15) is 13.2 Å². The van der Waals surface area contributed by atoms with Gasteiger partial charge in [-0.2, -0.15) is 4.31 Å². The van der Waals surface area contributed by atoms with Gasteiger partial charge >= 0.3 is 0 Å². The zero-order valence-electron chi connectivity index (χ0n) is 18.2. The van der Waals surface area contributed by atoms with Crippen molar-refractivity contribution < 1.29 is 13.2 Å². The molecule has 1 N–H and O–H groups in total. The summed E-state index contributed by atoms with van der Waals surface area (Å²) >= 11 is 0. The number of aryl methyl sites for hydroxylation is 1. The molecule has 0 aliphatic carbocycles. The largest absolute Gasteiger partial charge is 0.356 e. The van der Waals surface area contributed by atoms with Gasteiger partial charge in [-0.25, -0.2) is 8.42 Å². The number of benzene rings is 1. The Bertz CT molecular complexity index is 722. The molecule has 1 aliphatic rings. The zero-order valence-corrected chi connectivity index (χ0v) is 19.0. The number of carbonyl (C=O) groups is 1. The van der Waals surface area contributed by atoms with Crippen molar-refractivity contribution >= 4 is 15.9 Å². The fourth-order valence-corrected chi connectivity index (χ4v) is 5.16. The van der Waals surface area contributed by atoms with E-state index >= 15 is 0 Å². The Labute approximate surface area is 176 Å². The van der Waals surface area contributed by atoms with Gasteiger partial charge in [-0.1, -0.05) is 32.9 Å². The number of nitrogens with one attached hydrogen (secondary N) is 1. The number of likely N-dealkylation sites (tertiary alicyclic amines) is 1. The van der Waals surface area contributed by atoms with Crippen LogP contribution in [0.2, 0.25) is 0 Å². The van der Waals surface area contributed by atoms with Crippen molar-refractivity contribution in [3.05, 3.63) is 29.8 Å². The average molecular weight is 424 g/mol. The number of amides is 1. The second-order valence-electron chi connectivity index (χ2n) is 7.96. The predicted molar refractivity (Wildman–Crippen MR) is 117 cm³/mol. The topological polar surface area (TPSA) is 69.7 Å². The molecule has 1 fully saturated rings. The molecule has 0 aromatic heterocycles. The first-order valence-electron chi connectivity index (χ1n) is 10.9. The number of piperidine rings is 1. The Kier molecular flexibility index (Phi) is 9.59. The minimum absolute atomic E-state index is 0.0529. The first-order valence-corrected chi connectivity index (χ1v) is 12.4. The molecule has 2 rings (SSSR count). The first kappa shape index (κ1) is 23.8. The molecule has 0 bridgehead atoms. The number of nitrogens with zero attached hydrogens (tertiary/aromatic N) is 2. The van der Waals surface area contributed by atoms with E-state index in [1.807, 2.05) is 13.8 Å². The predicted octanol–water partition coefficient (Wildman–Crippen LogP) is 2.89. The van der Waals surface area contributed by atoms with Gasteiger partial charge in [0.15, 0.2) is 0 Å². The van der Waals surface area contributed by atoms with E-state index in [2.05, 4.69) is 17.1 Å². The molecule has 7 heteroatoms. The zero-order chi connectivity index (χ0) is 21.3. The third-order valence-corrected chi connectivity index (χ3v) is 7.82. The molecule has 0 radical (unpaired) electrons. The molecule has 0 unspecified atom stereocenters. The summed E-state index contributed by atoms with van der Waals surface area (Å²) in [6, 6.07) is 6.89. The quantitative estimate of drug-likeness (QED) is 0.556. The Morgan fingerprint density at radius 2 is 1.76 bits per heavy atom. The van der Waals surface area contributed by atoms with Crippen molar-refractivity contribution in [1.29, 1.82) is 0 Å². The second-order valence-corrected chi connectivity index (χ2v) is 9.90. The number of hydrogen-bond acceptors (Lipinski definition) is 4. The van der Waals surface area contributed by atoms with Gasteiger partial charge in [0.2, 0.25) is 15.9 Å². The third kappa shape index (κ3) is 7.39. The van der Waals surface area contributed by atoms with Crippen molar-refractivity contribution in [2.75, 3.05) is 39.3 Å². The van der Waals surface area contributed by atoms with E-state index in [-0.39, 0.29) is 5.91 Å². The maximum Gasteiger partial charge on any atom is 0.243 e. The smallest absolute Gasteiger partial charge is 0.243 e. The molecular weight excluding hydrogens is 386 g/mol. The summed E-state index contributed by atoms with van der Waals surface area (Å²) in [4.78, 5) is 14.9. The van der Waals surface area contributed by atoms with E-state index in [4.69, 9.17) is 0 Å². The lowest BCUT2D eigenvalue weighted by Crippen LogP contribution is -2.35. The van der Waals surface area contributed by atoms with Crippen LogP contribution in [0.1, 0.15) is 52.0 Å². The molecule has 164 valence electrons. The Balaban J connectivity index is 1.69. The van der Waals surface area contributed by atoms with Gasteiger partial charge < -0.3 is 10.2 Å². The third-order valence-electron chi connectivity index (χ3n) is 5.76. The fourth-order valence-electron chi connectivity index (χ4n) is 3.70. The molecule has 1 aromatic rings. The molecule has 6 nitrogen and oxygen atoms in total. The normalized spacial score (nSPS) is 16.3. The molecule has 0 saturated carbocycles. The standard InChI is InChI=1S/C22H37N3O3S/c1-4-25(5-2)29(27,28)21-10-7-20(8-11-21)9-12-22(26)23-15-6-16-24-17-13-19(3)14-18-24/h7-8,10-11,19H,4-6,9,12-18H2,1-3H3,(H,23,26). The minimum atomic E-state index is -3.43. The average Bonchev–Trinajstić information content (AvgIpc) is 2.72. The van der Waals surface area contributed by atoms with Crippen LogP contribution in [-0.2, 0) is 21.2 Å². The number of carbonyl (C=O) groups excluding carboxylic acids is 1. The van der Waals surface area contributed by atoms with Gasteiger partial charge in [0, 0.05) is 26.1 Å². The summed E-state index contributed by atoms with van der Waals surface area (Å²) in [5, 5.41) is 3.00. The highest BCUT2D eigenvalue weighted by atomic mass is 32.2. The van der Waals surface area contributed by atoms with Gasteiger partial charge in [0.25, 0.3) is 0 Å². The maximum absolute atomic E-state index is 12.5. The van der Waals surface area contributed by atoms with Gasteiger partial charge in [-0.05, 0) is 68.9 Å². The van der Waals surface area contributed by atoms with Crippen LogP contribution >= 0.6 is 0 Å². The summed E-state index contributed by atoms with van der Waals surface area (Å²) in [5.74, 6) is 0.898. The van der Waals surface area contributed by atoms with Crippen LogP contribution in [0.3, 0.4) is 0 Å². The van der Waals surface area contributed by atoms with Crippen LogP contribution in [-0.4, -0.2) is 62.8 Å². The van der Waals surface area contributed by atoms with Crippen molar-refractivity contribution in [2.24, 2.45) is 5.92 Å². The molecule has 1 aliphatic heterocycles. The van der Waals surface area contributed by atoms with Crippen LogP contribution in [0.4, 0.5) is 0 Å². The molecule has 0 spiro atoms. The number of rotatable bonds is 11. The maximum atomic E-state index is 12.5. The Morgan fingerprint density at radius 3 is 2.34 bits per heavy atom. The summed E-state index contributed by atoms with van der Waals surface area (Å²) in [6.07, 6.45) is 4.57. The van der Waals surface area contributed by atoms with Crippen LogP contribution < -0.4 is 5.32 Å². The Morgan fingerprint density at radius 1 is 1.14 bits per heavy atom. The lowest BCUT2D eigenvalue weighted by molar-refractivity contribution is -0.121. The molecule has 1 heterocycles. The minimum Gasteiger partial charge on any atom is -0.356 e. The summed E-state index contributed by atoms with van der Waals surface area (Å²) in [5.41, 5.74) is 0.973. The van der Waals surface area contributed by atoms with Crippen molar-refractivity contribution in [3.63, 3.8) is 0 Å². The summed E-state index contributed by atoms with van der Waals surface area (Å²) in [7, 11) is -3.43. The van der Waals surface area contributed by atoms with E-state index < -0.39 is 10.0 Å². The Hall–Kier alpha value is -1.44. The van der Waals surface area contributed by atoms with E-state index in [0.717, 1.165) is 24.4 Å². The van der Waals surface area contributed by atoms with E-state index in [1.165, 1.54) is 30.2 Å². The molecule has 29 heavy (non-hydrogen) atoms. The lowest BCUT2D eigenvalue weighted by atomic mass is 9.99. The summed E-state index contributed by atoms with van der Waals surface area (Å²) in [6.45, 7) is 11.0. The van der Waals surface area contributed by atoms with Crippen LogP contribution in [0.5, 0.6) is 0 Å². The monoisotopic (exact) mass is 423 g/mol. The van der Waals surface area contributed by atoms with Gasteiger partial charge in [-0.15, -0.1) is 0 Å². The van der Waals surface area contributed by atoms with Gasteiger partial charge in [-0.3, -0.25) is 4.79 Å². The van der Waals surface area contributed by atoms with Crippen LogP contribution in [0.25, 0.3) is 0 Å². The fraction of sp³-hybridized carbons (Fsp3) is 0.682. The number of hydrogen-bond donors (Lipinski definition) is 1. The second kappa shape index (κ2) is 11.7. The summed E-state index contributed by atoms with van der Waals surface area (Å²) < 4.78 is 26.5. The highest BCUT2D eigenvalue weighted by Crippen LogP contribution is 2.17. The van der Waals surface area contributed by atoms with Gasteiger partial charge in [0.1, 0.15) is 0 Å². The molecular formula is C22H37N3O3S. The van der Waals surface area contributed by atoms with Crippen molar-refractivity contribution in [1.82, 2.24) is 14.5 Å². The molecule has 0 atom stereocenters. The van der Waals surface area contributed by atoms with Gasteiger partial charge in [0.05, 0.1) is 4.90 Å². The van der Waals surface area contributed by atoms with Crippen LogP contribution in [0.15, 0.2) is 29.2 Å². The lowest BCUT2D eigenvalue weighted by Gasteiger charge is -2.30. The first-order chi connectivity index (χ1) is 13.9. The van der Waals surface area contributed by atoms with Crippen molar-refractivity contribution in [3.8, 4) is 0 Å². The van der Waals surface area contributed by atoms with Crippen molar-refractivity contribution in [2.45, 2.75) is 57.8 Å². The molecule has 1 amide bonds. The van der Waals surface area contributed by atoms with Crippen LogP contribution in [0, 0.1) is 5.92 Å². The van der Waals surface area contributed by atoms with E-state index in [0.29, 0.717) is 37.4 Å². The molecule has 1 aromatic carbocycles. The highest BCUT2D eigenvalue weighted by molar-refractivity contribution is 7.89. The van der Waals surface area contributed by atoms with E-state index in [1.54, 1.807) is 24.3 Å². The highest BCUT2D eigenvalue weighted by Gasteiger charge is 2.21. The SMILES string of the molecule is CCN(CC)S(=O)(=O)c1ccc(CCC(=O)NCCCN2CCC(C)CC2)cc1.